The smallest absolute Gasteiger partial charge is 0.227 e. The van der Waals surface area contributed by atoms with Crippen molar-refractivity contribution >= 4 is 11.8 Å². The number of rotatable bonds is 2. The lowest BCUT2D eigenvalue weighted by Gasteiger charge is -2.32. The van der Waals surface area contributed by atoms with E-state index in [2.05, 4.69) is 26.7 Å². The molecule has 0 radical (unpaired) electrons. The van der Waals surface area contributed by atoms with Crippen LogP contribution in [0.25, 0.3) is 0 Å². The Balaban J connectivity index is 1.53. The highest BCUT2D eigenvalue weighted by Crippen LogP contribution is 2.24. The predicted molar refractivity (Wildman–Crippen MR) is 92.4 cm³/mol. The van der Waals surface area contributed by atoms with E-state index in [-0.39, 0.29) is 6.10 Å². The molecule has 2 bridgehead atoms. The molecule has 0 aromatic carbocycles. The summed E-state index contributed by atoms with van der Waals surface area (Å²) in [6, 6.07) is 2.38. The minimum absolute atomic E-state index is 0.164. The van der Waals surface area contributed by atoms with Gasteiger partial charge in [-0.05, 0) is 26.0 Å². The summed E-state index contributed by atoms with van der Waals surface area (Å²) >= 11 is 0. The van der Waals surface area contributed by atoms with Gasteiger partial charge in [-0.3, -0.25) is 4.90 Å². The zero-order valence-corrected chi connectivity index (χ0v) is 14.3. The molecule has 132 valence electrons. The van der Waals surface area contributed by atoms with Crippen LogP contribution in [-0.4, -0.2) is 85.1 Å². The molecule has 3 aliphatic rings. The monoisotopic (exact) mass is 333 g/mol. The number of hydrogen-bond donors (Lipinski definition) is 1. The molecule has 0 saturated carbocycles. The summed E-state index contributed by atoms with van der Waals surface area (Å²) in [5.41, 5.74) is 0. The Labute approximate surface area is 143 Å². The van der Waals surface area contributed by atoms with Crippen molar-refractivity contribution < 1.29 is 9.84 Å². The second kappa shape index (κ2) is 6.82. The number of aromatic nitrogens is 2. The summed E-state index contributed by atoms with van der Waals surface area (Å²) in [4.78, 5) is 16.4. The first-order valence-corrected chi connectivity index (χ1v) is 8.98. The van der Waals surface area contributed by atoms with E-state index < -0.39 is 0 Å². The van der Waals surface area contributed by atoms with Crippen molar-refractivity contribution in [2.75, 3.05) is 62.8 Å². The van der Waals surface area contributed by atoms with E-state index in [1.54, 1.807) is 0 Å². The Bertz CT molecular complexity index is 564. The molecule has 3 aliphatic heterocycles. The number of ether oxygens (including phenoxy) is 1. The van der Waals surface area contributed by atoms with Gasteiger partial charge < -0.3 is 19.6 Å². The van der Waals surface area contributed by atoms with Gasteiger partial charge in [-0.15, -0.1) is 0 Å². The topological polar surface area (TPSA) is 65.0 Å². The van der Waals surface area contributed by atoms with E-state index in [0.29, 0.717) is 12.0 Å². The molecule has 4 rings (SSSR count). The summed E-state index contributed by atoms with van der Waals surface area (Å²) in [6.07, 6.45) is 3.33. The Morgan fingerprint density at radius 2 is 1.96 bits per heavy atom. The molecule has 0 aliphatic carbocycles. The minimum Gasteiger partial charge on any atom is -0.393 e. The molecule has 1 N–H and O–H groups in total. The van der Waals surface area contributed by atoms with Crippen molar-refractivity contribution in [2.24, 2.45) is 5.92 Å². The largest absolute Gasteiger partial charge is 0.393 e. The number of anilines is 2. The number of likely N-dealkylation sites (N-methyl/N-ethyl adjacent to an activating group) is 1. The molecule has 1 aromatic rings. The zero-order chi connectivity index (χ0) is 16.5. The van der Waals surface area contributed by atoms with Gasteiger partial charge >= 0.3 is 0 Å². The van der Waals surface area contributed by atoms with Crippen molar-refractivity contribution in [3.63, 3.8) is 0 Å². The first-order valence-electron chi connectivity index (χ1n) is 8.98. The lowest BCUT2D eigenvalue weighted by molar-refractivity contribution is 0.0928. The molecule has 7 heteroatoms. The summed E-state index contributed by atoms with van der Waals surface area (Å²) in [7, 11) is 2.19. The van der Waals surface area contributed by atoms with Crippen molar-refractivity contribution in [1.82, 2.24) is 14.9 Å². The van der Waals surface area contributed by atoms with E-state index in [0.717, 1.165) is 70.5 Å². The van der Waals surface area contributed by atoms with Gasteiger partial charge in [0.15, 0.2) is 0 Å². The maximum Gasteiger partial charge on any atom is 0.227 e. The summed E-state index contributed by atoms with van der Waals surface area (Å²) in [5, 5.41) is 9.70. The quantitative estimate of drug-likeness (QED) is 0.830. The minimum atomic E-state index is -0.164. The van der Waals surface area contributed by atoms with Crippen LogP contribution in [-0.2, 0) is 4.74 Å². The molecule has 0 spiro atoms. The third kappa shape index (κ3) is 3.34. The summed E-state index contributed by atoms with van der Waals surface area (Å²) < 4.78 is 5.80. The van der Waals surface area contributed by atoms with Crippen LogP contribution in [0.5, 0.6) is 0 Å². The number of hydrogen-bond acceptors (Lipinski definition) is 7. The van der Waals surface area contributed by atoms with Crippen LogP contribution >= 0.6 is 0 Å². The van der Waals surface area contributed by atoms with Crippen molar-refractivity contribution in [3.05, 3.63) is 12.3 Å². The van der Waals surface area contributed by atoms with E-state index in [1.807, 2.05) is 12.3 Å². The maximum absolute atomic E-state index is 9.70. The number of piperidine rings is 1. The highest BCUT2D eigenvalue weighted by Gasteiger charge is 2.32. The van der Waals surface area contributed by atoms with Gasteiger partial charge in [0.25, 0.3) is 0 Å². The van der Waals surface area contributed by atoms with Gasteiger partial charge in [0, 0.05) is 44.8 Å². The Kier molecular flexibility index (Phi) is 4.56. The van der Waals surface area contributed by atoms with Gasteiger partial charge in [0.05, 0.1) is 25.4 Å². The van der Waals surface area contributed by atoms with Crippen LogP contribution in [0.1, 0.15) is 12.8 Å². The summed E-state index contributed by atoms with van der Waals surface area (Å²) in [5.74, 6) is 2.30. The molecular weight excluding hydrogens is 306 g/mol. The third-order valence-corrected chi connectivity index (χ3v) is 5.44. The molecule has 4 heterocycles. The first-order chi connectivity index (χ1) is 11.7. The van der Waals surface area contributed by atoms with E-state index in [9.17, 15) is 5.11 Å². The van der Waals surface area contributed by atoms with Crippen LogP contribution < -0.4 is 9.80 Å². The maximum atomic E-state index is 9.70. The van der Waals surface area contributed by atoms with Gasteiger partial charge in [-0.2, -0.15) is 4.98 Å². The number of aliphatic hydroxyl groups is 1. The lowest BCUT2D eigenvalue weighted by Crippen LogP contribution is -2.43. The molecule has 1 aromatic heterocycles. The van der Waals surface area contributed by atoms with E-state index >= 15 is 0 Å². The normalized spacial score (nSPS) is 29.6. The van der Waals surface area contributed by atoms with Gasteiger partial charge in [-0.25, -0.2) is 4.98 Å². The molecule has 0 amide bonds. The van der Waals surface area contributed by atoms with Crippen molar-refractivity contribution in [1.29, 1.82) is 0 Å². The third-order valence-electron chi connectivity index (χ3n) is 5.44. The Morgan fingerprint density at radius 1 is 1.12 bits per heavy atom. The average molecular weight is 333 g/mol. The molecule has 0 unspecified atom stereocenters. The molecular formula is C17H27N5O2. The van der Waals surface area contributed by atoms with Crippen molar-refractivity contribution in [2.45, 2.75) is 25.0 Å². The Morgan fingerprint density at radius 3 is 2.79 bits per heavy atom. The van der Waals surface area contributed by atoms with Gasteiger partial charge in [-0.1, -0.05) is 0 Å². The zero-order valence-electron chi connectivity index (χ0n) is 14.3. The fraction of sp³-hybridized carbons (Fsp3) is 0.765. The van der Waals surface area contributed by atoms with Crippen LogP contribution in [0.2, 0.25) is 0 Å². The van der Waals surface area contributed by atoms with Crippen LogP contribution in [0.3, 0.4) is 0 Å². The molecule has 24 heavy (non-hydrogen) atoms. The van der Waals surface area contributed by atoms with Crippen LogP contribution in [0, 0.1) is 5.92 Å². The lowest BCUT2D eigenvalue weighted by atomic mass is 10.1. The van der Waals surface area contributed by atoms with Crippen LogP contribution in [0.15, 0.2) is 12.3 Å². The summed E-state index contributed by atoms with van der Waals surface area (Å²) in [6.45, 7) is 6.26. The van der Waals surface area contributed by atoms with E-state index in [4.69, 9.17) is 9.72 Å². The first kappa shape index (κ1) is 16.1. The SMILES string of the molecule is CN1C[C@H]2COC[C@@H]1CN(c1nccc(N3CCC(O)CC3)n1)C2. The Hall–Kier alpha value is -1.44. The molecule has 7 nitrogen and oxygen atoms in total. The second-order valence-electron chi connectivity index (χ2n) is 7.33. The fourth-order valence-electron chi connectivity index (χ4n) is 3.98. The average Bonchev–Trinajstić information content (AvgIpc) is 2.84. The highest BCUT2D eigenvalue weighted by molar-refractivity contribution is 5.44. The fourth-order valence-corrected chi connectivity index (χ4v) is 3.98. The number of nitrogens with zero attached hydrogens (tertiary/aromatic N) is 5. The highest BCUT2D eigenvalue weighted by atomic mass is 16.5. The molecule has 3 fully saturated rings. The van der Waals surface area contributed by atoms with Gasteiger partial charge in [0.1, 0.15) is 5.82 Å². The predicted octanol–water partition coefficient (Wildman–Crippen LogP) is 0.204. The second-order valence-corrected chi connectivity index (χ2v) is 7.33. The number of aliphatic hydroxyl groups excluding tert-OH is 1. The standard InChI is InChI=1S/C17H27N5O2/c1-20-8-13-9-22(10-14(20)12-24-11-13)17-18-5-2-16(19-17)21-6-3-15(23)4-7-21/h2,5,13-15,23H,3-4,6-12H2,1H3/t13-,14+/m1/s1. The van der Waals surface area contributed by atoms with Crippen molar-refractivity contribution in [3.8, 4) is 0 Å². The molecule has 2 atom stereocenters. The van der Waals surface area contributed by atoms with Gasteiger partial charge in [0.2, 0.25) is 5.95 Å². The van der Waals surface area contributed by atoms with Crippen LogP contribution in [0.4, 0.5) is 11.8 Å². The number of fused-ring (bicyclic) bond motifs is 3. The van der Waals surface area contributed by atoms with E-state index in [1.165, 1.54) is 0 Å². The molecule has 3 saturated heterocycles.